The van der Waals surface area contributed by atoms with Crippen LogP contribution < -0.4 is 10.1 Å². The van der Waals surface area contributed by atoms with Crippen LogP contribution in [0.5, 0.6) is 5.88 Å². The van der Waals surface area contributed by atoms with E-state index in [1.807, 2.05) is 45.9 Å². The molecule has 1 N–H and O–H groups in total. The van der Waals surface area contributed by atoms with Crippen molar-refractivity contribution < 1.29 is 13.9 Å². The maximum Gasteiger partial charge on any atom is 0.257 e. The van der Waals surface area contributed by atoms with Gasteiger partial charge in [0.15, 0.2) is 5.65 Å². The highest BCUT2D eigenvalue weighted by Crippen LogP contribution is 2.31. The predicted octanol–water partition coefficient (Wildman–Crippen LogP) is 6.18. The molecule has 0 saturated carbocycles. The van der Waals surface area contributed by atoms with Gasteiger partial charge in [0.25, 0.3) is 5.91 Å². The Morgan fingerprint density at radius 2 is 1.86 bits per heavy atom. The molecule has 182 valence electrons. The zero-order valence-electron chi connectivity index (χ0n) is 19.8. The zero-order valence-corrected chi connectivity index (χ0v) is 21.3. The highest BCUT2D eigenvalue weighted by atomic mass is 35.5. The molecule has 6 nitrogen and oxygen atoms in total. The number of nitrogens with zero attached hydrogens (tertiary/aromatic N) is 3. The number of carbonyl (C=O) groups is 1. The van der Waals surface area contributed by atoms with Gasteiger partial charge in [0.05, 0.1) is 6.20 Å². The normalized spacial score (nSPS) is 11.6. The summed E-state index contributed by atoms with van der Waals surface area (Å²) in [6.45, 7) is 7.86. The van der Waals surface area contributed by atoms with E-state index in [0.717, 1.165) is 16.7 Å². The molecule has 1 amide bonds. The smallest absolute Gasteiger partial charge is 0.257 e. The summed E-state index contributed by atoms with van der Waals surface area (Å²) < 4.78 is 21.4. The topological polar surface area (TPSA) is 68.5 Å². The fourth-order valence-electron chi connectivity index (χ4n) is 3.63. The summed E-state index contributed by atoms with van der Waals surface area (Å²) in [5.41, 5.74) is 3.04. The number of ether oxygens (including phenoxy) is 1. The van der Waals surface area contributed by atoms with E-state index in [0.29, 0.717) is 39.3 Å². The van der Waals surface area contributed by atoms with Crippen molar-refractivity contribution in [2.75, 3.05) is 0 Å². The summed E-state index contributed by atoms with van der Waals surface area (Å²) in [6, 6.07) is 11.6. The van der Waals surface area contributed by atoms with Crippen LogP contribution in [0, 0.1) is 12.7 Å². The van der Waals surface area contributed by atoms with Crippen LogP contribution >= 0.6 is 23.2 Å². The van der Waals surface area contributed by atoms with Crippen molar-refractivity contribution in [2.24, 2.45) is 0 Å². The van der Waals surface area contributed by atoms with Crippen molar-refractivity contribution >= 4 is 34.8 Å². The fraction of sp³-hybridized carbons (Fsp3) is 0.269. The Kier molecular flexibility index (Phi) is 7.01. The summed E-state index contributed by atoms with van der Waals surface area (Å²) in [5, 5.41) is 8.19. The first-order valence-corrected chi connectivity index (χ1v) is 11.8. The Balaban J connectivity index is 1.74. The summed E-state index contributed by atoms with van der Waals surface area (Å²) >= 11 is 12.5. The average Bonchev–Trinajstić information content (AvgIpc) is 3.19. The predicted molar refractivity (Wildman–Crippen MR) is 135 cm³/mol. The van der Waals surface area contributed by atoms with Crippen LogP contribution in [0.1, 0.15) is 53.5 Å². The van der Waals surface area contributed by atoms with Crippen molar-refractivity contribution in [1.82, 2.24) is 19.9 Å². The van der Waals surface area contributed by atoms with Crippen LogP contribution in [0.4, 0.5) is 4.39 Å². The van der Waals surface area contributed by atoms with Gasteiger partial charge in [0.2, 0.25) is 5.88 Å². The minimum Gasteiger partial charge on any atom is -0.472 e. The summed E-state index contributed by atoms with van der Waals surface area (Å²) in [6.07, 6.45) is 1.82. The molecule has 0 aliphatic carbocycles. The Morgan fingerprint density at radius 3 is 2.54 bits per heavy atom. The van der Waals surface area contributed by atoms with Crippen molar-refractivity contribution in [1.29, 1.82) is 0 Å². The first-order valence-electron chi connectivity index (χ1n) is 11.1. The number of benzene rings is 2. The third-order valence-electron chi connectivity index (χ3n) is 5.33. The maximum absolute atomic E-state index is 13.6. The molecule has 0 radical (unpaired) electrons. The minimum atomic E-state index is -0.555. The molecule has 4 rings (SSSR count). The third-order valence-corrected chi connectivity index (χ3v) is 6.05. The zero-order chi connectivity index (χ0) is 25.3. The standard InChI is InChI=1S/C26H25Cl2FN4O2/c1-15-19(11-16-9-10-18(29)12-22(16)28)25(35-26(2,3)4)33-23(32-15)20(14-31-33)24(34)30-13-17-7-5-6-8-21(17)27/h5-10,12,14H,11,13H2,1-4H3,(H,30,34). The molecule has 0 aliphatic heterocycles. The fourth-order valence-corrected chi connectivity index (χ4v) is 4.07. The van der Waals surface area contributed by atoms with E-state index in [2.05, 4.69) is 15.4 Å². The summed E-state index contributed by atoms with van der Waals surface area (Å²) in [7, 11) is 0. The van der Waals surface area contributed by atoms with Crippen molar-refractivity contribution in [3.05, 3.63) is 92.5 Å². The Hall–Kier alpha value is -3.16. The molecule has 0 unspecified atom stereocenters. The Morgan fingerprint density at radius 1 is 1.11 bits per heavy atom. The Bertz CT molecular complexity index is 1410. The number of fused-ring (bicyclic) bond motifs is 1. The van der Waals surface area contributed by atoms with Gasteiger partial charge >= 0.3 is 0 Å². The monoisotopic (exact) mass is 514 g/mol. The largest absolute Gasteiger partial charge is 0.472 e. The molecule has 2 aromatic carbocycles. The van der Waals surface area contributed by atoms with Gasteiger partial charge in [-0.2, -0.15) is 9.61 Å². The van der Waals surface area contributed by atoms with Crippen LogP contribution in [0.15, 0.2) is 48.7 Å². The lowest BCUT2D eigenvalue weighted by atomic mass is 10.0. The van der Waals surface area contributed by atoms with Crippen LogP contribution in [0.2, 0.25) is 10.0 Å². The highest BCUT2D eigenvalue weighted by Gasteiger charge is 2.25. The van der Waals surface area contributed by atoms with Crippen molar-refractivity contribution in [3.63, 3.8) is 0 Å². The molecule has 2 heterocycles. The van der Waals surface area contributed by atoms with Crippen LogP contribution in [0.25, 0.3) is 5.65 Å². The van der Waals surface area contributed by atoms with E-state index in [1.54, 1.807) is 12.1 Å². The van der Waals surface area contributed by atoms with E-state index in [9.17, 15) is 9.18 Å². The molecule has 35 heavy (non-hydrogen) atoms. The van der Waals surface area contributed by atoms with Gasteiger partial charge in [0.1, 0.15) is 17.0 Å². The van der Waals surface area contributed by atoms with Crippen molar-refractivity contribution in [3.8, 4) is 5.88 Å². The van der Waals surface area contributed by atoms with Gasteiger partial charge in [0, 0.05) is 34.3 Å². The van der Waals surface area contributed by atoms with E-state index in [1.165, 1.54) is 22.8 Å². The van der Waals surface area contributed by atoms with Crippen LogP contribution in [-0.2, 0) is 13.0 Å². The molecule has 0 fully saturated rings. The number of hydrogen-bond acceptors (Lipinski definition) is 4. The number of carbonyl (C=O) groups excluding carboxylic acids is 1. The molecular weight excluding hydrogens is 490 g/mol. The van der Waals surface area contributed by atoms with Gasteiger partial charge in [-0.05, 0) is 57.0 Å². The molecule has 0 spiro atoms. The Labute approximate surface area is 213 Å². The lowest BCUT2D eigenvalue weighted by molar-refractivity contribution is 0.0952. The molecule has 0 saturated heterocycles. The third kappa shape index (κ3) is 5.57. The summed E-state index contributed by atoms with van der Waals surface area (Å²) in [4.78, 5) is 17.7. The second kappa shape index (κ2) is 9.84. The van der Waals surface area contributed by atoms with Crippen molar-refractivity contribution in [2.45, 2.75) is 46.3 Å². The van der Waals surface area contributed by atoms with Gasteiger partial charge < -0.3 is 10.1 Å². The van der Waals surface area contributed by atoms with Crippen LogP contribution in [-0.4, -0.2) is 26.1 Å². The minimum absolute atomic E-state index is 0.265. The number of halogens is 3. The number of amides is 1. The number of rotatable bonds is 6. The van der Waals surface area contributed by atoms with E-state index in [4.69, 9.17) is 27.9 Å². The lowest BCUT2D eigenvalue weighted by Crippen LogP contribution is -2.26. The molecule has 0 atom stereocenters. The molecule has 0 bridgehead atoms. The maximum atomic E-state index is 13.6. The first-order chi connectivity index (χ1) is 16.5. The van der Waals surface area contributed by atoms with Gasteiger partial charge in [-0.1, -0.05) is 47.5 Å². The number of aromatic nitrogens is 3. The molecule has 9 heteroatoms. The summed E-state index contributed by atoms with van der Waals surface area (Å²) in [5.74, 6) is -0.289. The number of aryl methyl sites for hydroxylation is 1. The second-order valence-electron chi connectivity index (χ2n) is 9.18. The molecule has 2 aromatic heterocycles. The lowest BCUT2D eigenvalue weighted by Gasteiger charge is -2.24. The first kappa shape index (κ1) is 24.9. The second-order valence-corrected chi connectivity index (χ2v) is 9.99. The highest BCUT2D eigenvalue weighted by molar-refractivity contribution is 6.31. The van der Waals surface area contributed by atoms with E-state index in [-0.39, 0.29) is 12.5 Å². The van der Waals surface area contributed by atoms with E-state index >= 15 is 0 Å². The van der Waals surface area contributed by atoms with Gasteiger partial charge in [-0.25, -0.2) is 9.37 Å². The van der Waals surface area contributed by atoms with Gasteiger partial charge in [-0.15, -0.1) is 0 Å². The average molecular weight is 515 g/mol. The van der Waals surface area contributed by atoms with Crippen LogP contribution in [0.3, 0.4) is 0 Å². The van der Waals surface area contributed by atoms with E-state index < -0.39 is 11.4 Å². The quantitative estimate of drug-likeness (QED) is 0.333. The number of nitrogens with one attached hydrogen (secondary N) is 1. The number of hydrogen-bond donors (Lipinski definition) is 1. The molecular formula is C26H25Cl2FN4O2. The SMILES string of the molecule is Cc1nc2c(C(=O)NCc3ccccc3Cl)cnn2c(OC(C)(C)C)c1Cc1ccc(F)cc1Cl. The van der Waals surface area contributed by atoms with Gasteiger partial charge in [-0.3, -0.25) is 4.79 Å². The molecule has 0 aliphatic rings. The molecule has 4 aromatic rings.